The lowest BCUT2D eigenvalue weighted by molar-refractivity contribution is -0.138. The van der Waals surface area contributed by atoms with Gasteiger partial charge in [0.1, 0.15) is 12.1 Å². The molecule has 39 heavy (non-hydrogen) atoms. The molecule has 2 saturated heterocycles. The maximum atomic E-state index is 13.8. The Morgan fingerprint density at radius 3 is 2.41 bits per heavy atom. The van der Waals surface area contributed by atoms with Crippen molar-refractivity contribution in [2.24, 2.45) is 11.8 Å². The standard InChI is InChI=1S/C31H39N3O4S/c1-20(2)17-24(32-30(37)23-12-10-22(11-13-23)27-9-6-16-39-27)31(38)33-15-14-25-29(33)26(35)19-34(25)28(36)18-21-7-4-3-5-8-21/h6,9-13,16,20-21,24-25,29H,3-5,7-8,14-15,17-19H2,1-2H3,(H,32,37). The summed E-state index contributed by atoms with van der Waals surface area (Å²) in [5, 5.41) is 4.97. The molecular formula is C31H39N3O4S. The van der Waals surface area contributed by atoms with Crippen LogP contribution in [-0.2, 0) is 14.4 Å². The molecular weight excluding hydrogens is 510 g/mol. The van der Waals surface area contributed by atoms with E-state index in [2.05, 4.69) is 5.32 Å². The zero-order valence-electron chi connectivity index (χ0n) is 22.9. The van der Waals surface area contributed by atoms with Crippen molar-refractivity contribution in [2.75, 3.05) is 13.1 Å². The van der Waals surface area contributed by atoms with Crippen LogP contribution in [0, 0.1) is 11.8 Å². The number of hydrogen-bond acceptors (Lipinski definition) is 5. The van der Waals surface area contributed by atoms with Gasteiger partial charge in [-0.3, -0.25) is 19.2 Å². The highest BCUT2D eigenvalue weighted by Crippen LogP contribution is 2.33. The van der Waals surface area contributed by atoms with Crippen molar-refractivity contribution in [3.05, 3.63) is 47.3 Å². The molecule has 7 nitrogen and oxygen atoms in total. The van der Waals surface area contributed by atoms with Gasteiger partial charge in [-0.15, -0.1) is 11.3 Å². The van der Waals surface area contributed by atoms with Crippen LogP contribution < -0.4 is 5.32 Å². The van der Waals surface area contributed by atoms with Crippen LogP contribution in [0.4, 0.5) is 0 Å². The van der Waals surface area contributed by atoms with Crippen molar-refractivity contribution < 1.29 is 19.2 Å². The average Bonchev–Trinajstić information content (AvgIpc) is 3.68. The second kappa shape index (κ2) is 12.0. The number of carbonyl (C=O) groups excluding carboxylic acids is 4. The third-order valence-electron chi connectivity index (χ3n) is 8.48. The lowest BCUT2D eigenvalue weighted by Gasteiger charge is -2.29. The fourth-order valence-electron chi connectivity index (χ4n) is 6.51. The topological polar surface area (TPSA) is 86.8 Å². The number of likely N-dealkylation sites (tertiary alicyclic amines) is 2. The highest BCUT2D eigenvalue weighted by Gasteiger charge is 2.52. The summed E-state index contributed by atoms with van der Waals surface area (Å²) in [5.74, 6) is 0.0344. The van der Waals surface area contributed by atoms with Crippen LogP contribution in [0.15, 0.2) is 41.8 Å². The van der Waals surface area contributed by atoms with E-state index in [0.29, 0.717) is 37.3 Å². The Morgan fingerprint density at radius 2 is 1.74 bits per heavy atom. The molecule has 3 fully saturated rings. The highest BCUT2D eigenvalue weighted by molar-refractivity contribution is 7.13. The molecule has 1 saturated carbocycles. The number of hydrogen-bond donors (Lipinski definition) is 1. The maximum absolute atomic E-state index is 13.8. The first-order valence-electron chi connectivity index (χ1n) is 14.4. The number of amides is 3. The number of fused-ring (bicyclic) bond motifs is 1. The Morgan fingerprint density at radius 1 is 1.00 bits per heavy atom. The minimum absolute atomic E-state index is 0.0510. The maximum Gasteiger partial charge on any atom is 0.251 e. The van der Waals surface area contributed by atoms with Crippen LogP contribution in [-0.4, -0.2) is 64.5 Å². The Kier molecular flexibility index (Phi) is 8.50. The van der Waals surface area contributed by atoms with Gasteiger partial charge in [-0.2, -0.15) is 0 Å². The van der Waals surface area contributed by atoms with Gasteiger partial charge >= 0.3 is 0 Å². The Labute approximate surface area is 234 Å². The van der Waals surface area contributed by atoms with Crippen molar-refractivity contribution in [1.29, 1.82) is 0 Å². The first kappa shape index (κ1) is 27.6. The number of rotatable bonds is 8. The number of thiophene rings is 1. The monoisotopic (exact) mass is 549 g/mol. The molecule has 0 radical (unpaired) electrons. The van der Waals surface area contributed by atoms with E-state index in [-0.39, 0.29) is 42.0 Å². The van der Waals surface area contributed by atoms with Gasteiger partial charge in [0.15, 0.2) is 5.78 Å². The van der Waals surface area contributed by atoms with Gasteiger partial charge in [-0.05, 0) is 66.7 Å². The van der Waals surface area contributed by atoms with Crippen LogP contribution in [0.5, 0.6) is 0 Å². The summed E-state index contributed by atoms with van der Waals surface area (Å²) in [6.45, 7) is 4.54. The van der Waals surface area contributed by atoms with E-state index in [1.54, 1.807) is 33.3 Å². The van der Waals surface area contributed by atoms with Gasteiger partial charge in [-0.1, -0.05) is 51.3 Å². The van der Waals surface area contributed by atoms with Crippen LogP contribution in [0.1, 0.15) is 75.6 Å². The van der Waals surface area contributed by atoms with Gasteiger partial charge in [0.05, 0.1) is 12.6 Å². The summed E-state index contributed by atoms with van der Waals surface area (Å²) >= 11 is 1.64. The van der Waals surface area contributed by atoms with Crippen molar-refractivity contribution in [3.63, 3.8) is 0 Å². The lowest BCUT2D eigenvalue weighted by Crippen LogP contribution is -2.53. The first-order valence-corrected chi connectivity index (χ1v) is 15.3. The van der Waals surface area contributed by atoms with E-state index >= 15 is 0 Å². The molecule has 0 bridgehead atoms. The highest BCUT2D eigenvalue weighted by atomic mass is 32.1. The van der Waals surface area contributed by atoms with E-state index < -0.39 is 12.1 Å². The molecule has 3 heterocycles. The summed E-state index contributed by atoms with van der Waals surface area (Å²) in [7, 11) is 0. The molecule has 1 aromatic carbocycles. The zero-order chi connectivity index (χ0) is 27.5. The number of Topliss-reactive ketones (excluding diaryl/α,β-unsaturated/α-hetero) is 1. The van der Waals surface area contributed by atoms with Crippen LogP contribution in [0.3, 0.4) is 0 Å². The molecule has 1 aliphatic carbocycles. The van der Waals surface area contributed by atoms with Gasteiger partial charge in [0.25, 0.3) is 5.91 Å². The smallest absolute Gasteiger partial charge is 0.251 e. The van der Waals surface area contributed by atoms with Crippen molar-refractivity contribution >= 4 is 34.8 Å². The molecule has 1 aromatic heterocycles. The Balaban J connectivity index is 1.25. The lowest BCUT2D eigenvalue weighted by atomic mass is 9.86. The molecule has 0 spiro atoms. The first-order chi connectivity index (χ1) is 18.8. The molecule has 3 atom stereocenters. The molecule has 3 aliphatic rings. The Bertz CT molecular complexity index is 1190. The normalized spacial score (nSPS) is 22.3. The van der Waals surface area contributed by atoms with Gasteiger partial charge in [0, 0.05) is 23.4 Å². The van der Waals surface area contributed by atoms with E-state index in [4.69, 9.17) is 0 Å². The SMILES string of the molecule is CC(C)CC(NC(=O)c1ccc(-c2cccs2)cc1)C(=O)N1CCC2C1C(=O)CN2C(=O)CC1CCCCC1. The molecule has 8 heteroatoms. The largest absolute Gasteiger partial charge is 0.340 e. The predicted octanol–water partition coefficient (Wildman–Crippen LogP) is 4.91. The number of carbonyl (C=O) groups is 4. The molecule has 208 valence electrons. The van der Waals surface area contributed by atoms with Crippen LogP contribution >= 0.6 is 11.3 Å². The predicted molar refractivity (Wildman–Crippen MR) is 152 cm³/mol. The second-order valence-corrected chi connectivity index (χ2v) is 12.7. The minimum Gasteiger partial charge on any atom is -0.340 e. The summed E-state index contributed by atoms with van der Waals surface area (Å²) < 4.78 is 0. The van der Waals surface area contributed by atoms with Crippen molar-refractivity contribution in [1.82, 2.24) is 15.1 Å². The van der Waals surface area contributed by atoms with Gasteiger partial charge in [-0.25, -0.2) is 0 Å². The summed E-state index contributed by atoms with van der Waals surface area (Å²) in [6, 6.07) is 9.84. The average molecular weight is 550 g/mol. The van der Waals surface area contributed by atoms with E-state index in [1.165, 1.54) is 19.3 Å². The summed E-state index contributed by atoms with van der Waals surface area (Å²) in [4.78, 5) is 57.8. The number of ketones is 1. The molecule has 2 aliphatic heterocycles. The molecule has 3 amide bonds. The second-order valence-electron chi connectivity index (χ2n) is 11.7. The quantitative estimate of drug-likeness (QED) is 0.507. The van der Waals surface area contributed by atoms with Crippen LogP contribution in [0.2, 0.25) is 0 Å². The zero-order valence-corrected chi connectivity index (χ0v) is 23.8. The van der Waals surface area contributed by atoms with Gasteiger partial charge < -0.3 is 15.1 Å². The molecule has 2 aromatic rings. The third-order valence-corrected chi connectivity index (χ3v) is 9.40. The van der Waals surface area contributed by atoms with E-state index in [1.807, 2.05) is 43.5 Å². The number of benzene rings is 1. The number of nitrogens with one attached hydrogen (secondary N) is 1. The molecule has 1 N–H and O–H groups in total. The fraction of sp³-hybridized carbons (Fsp3) is 0.548. The van der Waals surface area contributed by atoms with Crippen LogP contribution in [0.25, 0.3) is 10.4 Å². The van der Waals surface area contributed by atoms with E-state index in [9.17, 15) is 19.2 Å². The Hall–Kier alpha value is -3.00. The number of nitrogens with zero attached hydrogens (tertiary/aromatic N) is 2. The minimum atomic E-state index is -0.729. The summed E-state index contributed by atoms with van der Waals surface area (Å²) in [6.07, 6.45) is 7.33. The van der Waals surface area contributed by atoms with Gasteiger partial charge in [0.2, 0.25) is 11.8 Å². The summed E-state index contributed by atoms with van der Waals surface area (Å²) in [5.41, 5.74) is 1.54. The van der Waals surface area contributed by atoms with Crippen molar-refractivity contribution in [2.45, 2.75) is 83.3 Å². The third kappa shape index (κ3) is 6.11. The van der Waals surface area contributed by atoms with E-state index in [0.717, 1.165) is 23.3 Å². The molecule has 3 unspecified atom stereocenters. The fourth-order valence-corrected chi connectivity index (χ4v) is 7.24. The molecule has 5 rings (SSSR count). The van der Waals surface area contributed by atoms with Crippen molar-refractivity contribution in [3.8, 4) is 10.4 Å².